The molecule has 0 saturated heterocycles. The van der Waals surface area contributed by atoms with Crippen LogP contribution in [-0.4, -0.2) is 30.3 Å². The minimum atomic E-state index is -0.854. The zero-order valence-electron chi connectivity index (χ0n) is 9.12. The molecule has 0 radical (unpaired) electrons. The molecule has 5 heteroatoms. The van der Waals surface area contributed by atoms with Crippen molar-refractivity contribution in [3.05, 3.63) is 0 Å². The summed E-state index contributed by atoms with van der Waals surface area (Å²) in [6.45, 7) is 2.85. The van der Waals surface area contributed by atoms with E-state index in [9.17, 15) is 9.59 Å². The number of nitrogens with one attached hydrogen (secondary N) is 1. The fourth-order valence-corrected chi connectivity index (χ4v) is 0.998. The van der Waals surface area contributed by atoms with Crippen molar-refractivity contribution in [1.29, 1.82) is 0 Å². The molecule has 0 fully saturated rings. The molecule has 0 aromatic rings. The third-order valence-electron chi connectivity index (χ3n) is 1.82. The molecule has 5 nitrogen and oxygen atoms in total. The molecule has 0 aromatic carbocycles. The van der Waals surface area contributed by atoms with Crippen molar-refractivity contribution >= 4 is 12.1 Å². The van der Waals surface area contributed by atoms with Gasteiger partial charge in [-0.1, -0.05) is 19.8 Å². The lowest BCUT2D eigenvalue weighted by Gasteiger charge is -2.05. The molecular formula is C10H19NO4. The van der Waals surface area contributed by atoms with Gasteiger partial charge in [0.25, 0.3) is 0 Å². The molecule has 0 atom stereocenters. The molecule has 0 aromatic heterocycles. The first-order valence-corrected chi connectivity index (χ1v) is 5.29. The van der Waals surface area contributed by atoms with Crippen molar-refractivity contribution in [2.24, 2.45) is 0 Å². The van der Waals surface area contributed by atoms with E-state index in [0.29, 0.717) is 19.6 Å². The number of alkyl carbamates (subject to hydrolysis) is 1. The Balaban J connectivity index is 3.22. The first kappa shape index (κ1) is 13.7. The fourth-order valence-electron chi connectivity index (χ4n) is 0.998. The van der Waals surface area contributed by atoms with E-state index in [1.54, 1.807) is 0 Å². The Morgan fingerprint density at radius 3 is 2.60 bits per heavy atom. The Labute approximate surface area is 89.8 Å². The quantitative estimate of drug-likeness (QED) is 0.607. The van der Waals surface area contributed by atoms with Crippen LogP contribution in [0.25, 0.3) is 0 Å². The zero-order valence-corrected chi connectivity index (χ0v) is 9.12. The lowest BCUT2D eigenvalue weighted by atomic mass is 10.3. The maximum absolute atomic E-state index is 11.0. The molecular weight excluding hydrogens is 198 g/mol. The van der Waals surface area contributed by atoms with Crippen LogP contribution in [0.4, 0.5) is 4.79 Å². The van der Waals surface area contributed by atoms with Crippen LogP contribution in [0.15, 0.2) is 0 Å². The molecule has 0 saturated carbocycles. The molecule has 0 unspecified atom stereocenters. The largest absolute Gasteiger partial charge is 0.481 e. The smallest absolute Gasteiger partial charge is 0.407 e. The predicted octanol–water partition coefficient (Wildman–Crippen LogP) is 1.77. The van der Waals surface area contributed by atoms with E-state index in [1.165, 1.54) is 0 Å². The lowest BCUT2D eigenvalue weighted by molar-refractivity contribution is -0.137. The van der Waals surface area contributed by atoms with Crippen LogP contribution in [0.5, 0.6) is 0 Å². The van der Waals surface area contributed by atoms with Crippen molar-refractivity contribution < 1.29 is 19.4 Å². The second-order valence-corrected chi connectivity index (χ2v) is 3.27. The number of carbonyl (C=O) groups is 2. The van der Waals surface area contributed by atoms with Crippen LogP contribution < -0.4 is 5.32 Å². The Bertz CT molecular complexity index is 194. The van der Waals surface area contributed by atoms with Crippen molar-refractivity contribution in [1.82, 2.24) is 5.32 Å². The van der Waals surface area contributed by atoms with E-state index in [4.69, 9.17) is 9.84 Å². The molecule has 0 aliphatic carbocycles. The Hall–Kier alpha value is -1.26. The molecule has 0 spiro atoms. The van der Waals surface area contributed by atoms with Crippen LogP contribution in [0.3, 0.4) is 0 Å². The minimum Gasteiger partial charge on any atom is -0.481 e. The molecule has 0 aliphatic rings. The SMILES string of the molecule is CCCCCOC(=O)NCCCC(=O)O. The molecule has 0 aliphatic heterocycles. The summed E-state index contributed by atoms with van der Waals surface area (Å²) in [6, 6.07) is 0. The third kappa shape index (κ3) is 10.7. The normalized spacial score (nSPS) is 9.67. The van der Waals surface area contributed by atoms with Gasteiger partial charge in [0.15, 0.2) is 0 Å². The van der Waals surface area contributed by atoms with Gasteiger partial charge in [-0.3, -0.25) is 4.79 Å². The fraction of sp³-hybridized carbons (Fsp3) is 0.800. The van der Waals surface area contributed by atoms with Crippen LogP contribution >= 0.6 is 0 Å². The van der Waals surface area contributed by atoms with E-state index in [-0.39, 0.29) is 6.42 Å². The number of hydrogen-bond donors (Lipinski definition) is 2. The van der Waals surface area contributed by atoms with Crippen molar-refractivity contribution in [2.45, 2.75) is 39.0 Å². The van der Waals surface area contributed by atoms with Crippen LogP contribution in [0.1, 0.15) is 39.0 Å². The van der Waals surface area contributed by atoms with E-state index in [0.717, 1.165) is 19.3 Å². The number of ether oxygens (including phenoxy) is 1. The first-order valence-electron chi connectivity index (χ1n) is 5.29. The van der Waals surface area contributed by atoms with Gasteiger partial charge in [-0.25, -0.2) is 4.79 Å². The molecule has 15 heavy (non-hydrogen) atoms. The first-order chi connectivity index (χ1) is 7.16. The summed E-state index contributed by atoms with van der Waals surface area (Å²) in [4.78, 5) is 21.1. The van der Waals surface area contributed by atoms with Gasteiger partial charge in [0.1, 0.15) is 0 Å². The van der Waals surface area contributed by atoms with E-state index in [2.05, 4.69) is 12.2 Å². The third-order valence-corrected chi connectivity index (χ3v) is 1.82. The number of unbranched alkanes of at least 4 members (excludes halogenated alkanes) is 2. The van der Waals surface area contributed by atoms with Gasteiger partial charge in [-0.15, -0.1) is 0 Å². The summed E-state index contributed by atoms with van der Waals surface area (Å²) in [6.07, 6.45) is 3.04. The maximum atomic E-state index is 11.0. The average molecular weight is 217 g/mol. The number of carbonyl (C=O) groups excluding carboxylic acids is 1. The number of carboxylic acid groups (broad SMARTS) is 1. The molecule has 0 heterocycles. The highest BCUT2D eigenvalue weighted by atomic mass is 16.5. The molecule has 0 rings (SSSR count). The maximum Gasteiger partial charge on any atom is 0.407 e. The predicted molar refractivity (Wildman–Crippen MR) is 55.7 cm³/mol. The summed E-state index contributed by atoms with van der Waals surface area (Å²) < 4.78 is 4.85. The standard InChI is InChI=1S/C10H19NO4/c1-2-3-4-8-15-10(14)11-7-5-6-9(12)13/h2-8H2,1H3,(H,11,14)(H,12,13). The number of aliphatic carboxylic acids is 1. The Kier molecular flexibility index (Phi) is 8.52. The van der Waals surface area contributed by atoms with E-state index in [1.807, 2.05) is 0 Å². The average Bonchev–Trinajstić information content (AvgIpc) is 2.19. The minimum absolute atomic E-state index is 0.0656. The Morgan fingerprint density at radius 2 is 2.00 bits per heavy atom. The van der Waals surface area contributed by atoms with Gasteiger partial charge in [-0.05, 0) is 12.8 Å². The number of hydrogen-bond acceptors (Lipinski definition) is 3. The van der Waals surface area contributed by atoms with E-state index >= 15 is 0 Å². The van der Waals surface area contributed by atoms with Gasteiger partial charge in [0.2, 0.25) is 0 Å². The zero-order chi connectivity index (χ0) is 11.5. The molecule has 2 N–H and O–H groups in total. The molecule has 88 valence electrons. The van der Waals surface area contributed by atoms with E-state index < -0.39 is 12.1 Å². The number of amides is 1. The van der Waals surface area contributed by atoms with Crippen molar-refractivity contribution in [2.75, 3.05) is 13.2 Å². The molecule has 1 amide bonds. The van der Waals surface area contributed by atoms with Gasteiger partial charge in [0.05, 0.1) is 6.61 Å². The summed E-state index contributed by atoms with van der Waals surface area (Å²) in [7, 11) is 0. The highest BCUT2D eigenvalue weighted by molar-refractivity contribution is 5.68. The lowest BCUT2D eigenvalue weighted by Crippen LogP contribution is -2.26. The van der Waals surface area contributed by atoms with Crippen molar-refractivity contribution in [3.63, 3.8) is 0 Å². The summed E-state index contributed by atoms with van der Waals surface area (Å²) >= 11 is 0. The second-order valence-electron chi connectivity index (χ2n) is 3.27. The van der Waals surface area contributed by atoms with Gasteiger partial charge in [-0.2, -0.15) is 0 Å². The summed E-state index contributed by atoms with van der Waals surface area (Å²) in [5.41, 5.74) is 0. The van der Waals surface area contributed by atoms with Gasteiger partial charge >= 0.3 is 12.1 Å². The highest BCUT2D eigenvalue weighted by Gasteiger charge is 2.01. The topological polar surface area (TPSA) is 75.6 Å². The van der Waals surface area contributed by atoms with Crippen molar-refractivity contribution in [3.8, 4) is 0 Å². The summed E-state index contributed by atoms with van der Waals surface area (Å²) in [5.74, 6) is -0.854. The number of rotatable bonds is 8. The summed E-state index contributed by atoms with van der Waals surface area (Å²) in [5, 5.41) is 10.8. The molecule has 0 bridgehead atoms. The second kappa shape index (κ2) is 9.30. The van der Waals surface area contributed by atoms with Gasteiger partial charge in [0, 0.05) is 13.0 Å². The van der Waals surface area contributed by atoms with Crippen LogP contribution in [0, 0.1) is 0 Å². The van der Waals surface area contributed by atoms with Crippen LogP contribution in [-0.2, 0) is 9.53 Å². The van der Waals surface area contributed by atoms with Crippen LogP contribution in [0.2, 0.25) is 0 Å². The Morgan fingerprint density at radius 1 is 1.27 bits per heavy atom. The number of carboxylic acids is 1. The highest BCUT2D eigenvalue weighted by Crippen LogP contribution is 1.94. The van der Waals surface area contributed by atoms with Gasteiger partial charge < -0.3 is 15.2 Å². The monoisotopic (exact) mass is 217 g/mol.